The maximum Gasteiger partial charge on any atom is 0.127 e. The lowest BCUT2D eigenvalue weighted by Crippen LogP contribution is -2.61. The van der Waals surface area contributed by atoms with E-state index in [2.05, 4.69) is 38.4 Å². The Kier molecular flexibility index (Phi) is 5.76. The van der Waals surface area contributed by atoms with Crippen molar-refractivity contribution in [3.8, 4) is 11.4 Å². The highest BCUT2D eigenvalue weighted by molar-refractivity contribution is 5.38. The smallest absolute Gasteiger partial charge is 0.127 e. The second-order valence-electron chi connectivity index (χ2n) is 7.52. The van der Waals surface area contributed by atoms with E-state index in [1.165, 1.54) is 12.8 Å². The van der Waals surface area contributed by atoms with Crippen LogP contribution in [0.2, 0.25) is 0 Å². The molecule has 3 heterocycles. The van der Waals surface area contributed by atoms with E-state index >= 15 is 0 Å². The number of imidazole rings is 1. The minimum absolute atomic E-state index is 0.508. The highest BCUT2D eigenvalue weighted by Crippen LogP contribution is 2.23. The highest BCUT2D eigenvalue weighted by Gasteiger charge is 2.35. The Hall–Kier alpha value is -1.89. The summed E-state index contributed by atoms with van der Waals surface area (Å²) >= 11 is 0. The molecule has 0 aliphatic carbocycles. The fourth-order valence-electron chi connectivity index (χ4n) is 4.35. The molecule has 2 aliphatic heterocycles. The number of piperazine rings is 1. The van der Waals surface area contributed by atoms with Crippen LogP contribution >= 0.6 is 0 Å². The number of benzene rings is 1. The van der Waals surface area contributed by atoms with Crippen LogP contribution < -0.4 is 4.74 Å². The molecule has 1 aromatic carbocycles. The molecule has 0 amide bonds. The third-order valence-electron chi connectivity index (χ3n) is 5.76. The molecule has 1 aromatic heterocycles. The average Bonchev–Trinajstić information content (AvgIpc) is 3.16. The van der Waals surface area contributed by atoms with Gasteiger partial charge in [-0.25, -0.2) is 4.98 Å². The zero-order chi connectivity index (χ0) is 18.6. The number of ether oxygens (including phenoxy) is 2. The Balaban J connectivity index is 1.43. The molecule has 2 fully saturated rings. The Morgan fingerprint density at radius 1 is 1.19 bits per heavy atom. The predicted molar refractivity (Wildman–Crippen MR) is 105 cm³/mol. The zero-order valence-corrected chi connectivity index (χ0v) is 16.4. The molecule has 0 N–H and O–H groups in total. The van der Waals surface area contributed by atoms with E-state index in [0.717, 1.165) is 56.7 Å². The number of rotatable bonds is 6. The molecule has 6 heteroatoms. The molecule has 6 nitrogen and oxygen atoms in total. The third kappa shape index (κ3) is 4.03. The highest BCUT2D eigenvalue weighted by atomic mass is 16.5. The van der Waals surface area contributed by atoms with Crippen LogP contribution in [-0.2, 0) is 11.3 Å². The second-order valence-corrected chi connectivity index (χ2v) is 7.52. The van der Waals surface area contributed by atoms with Gasteiger partial charge in [-0.1, -0.05) is 13.3 Å². The van der Waals surface area contributed by atoms with Crippen LogP contribution in [0.5, 0.6) is 5.75 Å². The second kappa shape index (κ2) is 8.42. The fraction of sp³-hybridized carbons (Fsp3) is 0.571. The molecule has 2 aliphatic rings. The SMILES string of the molecule is CCC[C@H]1COC[C@H]2CN(Cc3nccn3-c3ccc(OC)cc3)CCN12. The van der Waals surface area contributed by atoms with E-state index < -0.39 is 0 Å². The first-order chi connectivity index (χ1) is 13.3. The molecule has 2 atom stereocenters. The van der Waals surface area contributed by atoms with Crippen LogP contribution in [0.1, 0.15) is 25.6 Å². The summed E-state index contributed by atoms with van der Waals surface area (Å²) in [6.45, 7) is 8.14. The first-order valence-corrected chi connectivity index (χ1v) is 10.0. The average molecular weight is 370 g/mol. The van der Waals surface area contributed by atoms with E-state index in [4.69, 9.17) is 9.47 Å². The number of methoxy groups -OCH3 is 1. The van der Waals surface area contributed by atoms with E-state index in [-0.39, 0.29) is 0 Å². The summed E-state index contributed by atoms with van der Waals surface area (Å²) in [6, 6.07) is 9.24. The number of nitrogens with zero attached hydrogens (tertiary/aromatic N) is 4. The number of hydrogen-bond acceptors (Lipinski definition) is 5. The summed E-state index contributed by atoms with van der Waals surface area (Å²) in [5.74, 6) is 1.95. The van der Waals surface area contributed by atoms with Crippen LogP contribution in [0.25, 0.3) is 5.69 Å². The lowest BCUT2D eigenvalue weighted by atomic mass is 10.0. The molecule has 146 valence electrons. The summed E-state index contributed by atoms with van der Waals surface area (Å²) in [6.07, 6.45) is 6.38. The molecule has 4 rings (SSSR count). The minimum Gasteiger partial charge on any atom is -0.497 e. The number of hydrogen-bond donors (Lipinski definition) is 0. The van der Waals surface area contributed by atoms with Gasteiger partial charge < -0.3 is 14.0 Å². The summed E-state index contributed by atoms with van der Waals surface area (Å²) in [5.41, 5.74) is 1.12. The molecular weight excluding hydrogens is 340 g/mol. The van der Waals surface area contributed by atoms with Gasteiger partial charge in [0.25, 0.3) is 0 Å². The van der Waals surface area contributed by atoms with Crippen molar-refractivity contribution in [2.24, 2.45) is 0 Å². The normalized spacial score (nSPS) is 23.9. The first-order valence-electron chi connectivity index (χ1n) is 10.0. The Morgan fingerprint density at radius 2 is 2.04 bits per heavy atom. The molecule has 0 saturated carbocycles. The van der Waals surface area contributed by atoms with Crippen molar-refractivity contribution in [3.05, 3.63) is 42.5 Å². The predicted octanol–water partition coefficient (Wildman–Crippen LogP) is 2.57. The van der Waals surface area contributed by atoms with E-state index in [0.29, 0.717) is 12.1 Å². The van der Waals surface area contributed by atoms with Crippen molar-refractivity contribution in [1.82, 2.24) is 19.4 Å². The zero-order valence-electron chi connectivity index (χ0n) is 16.4. The third-order valence-corrected chi connectivity index (χ3v) is 5.76. The Morgan fingerprint density at radius 3 is 2.81 bits per heavy atom. The molecule has 0 radical (unpaired) electrons. The lowest BCUT2D eigenvalue weighted by molar-refractivity contribution is -0.0844. The van der Waals surface area contributed by atoms with Crippen LogP contribution in [0.3, 0.4) is 0 Å². The summed E-state index contributed by atoms with van der Waals surface area (Å²) in [4.78, 5) is 9.82. The van der Waals surface area contributed by atoms with Crippen molar-refractivity contribution in [1.29, 1.82) is 0 Å². The molecular formula is C21H30N4O2. The van der Waals surface area contributed by atoms with Gasteiger partial charge in [-0.2, -0.15) is 0 Å². The maximum atomic E-state index is 5.90. The standard InChI is InChI=1S/C21H30N4O2/c1-3-4-18-15-27-16-19-13-23(11-12-24(18)19)14-21-22-9-10-25(21)17-5-7-20(26-2)8-6-17/h5-10,18-19H,3-4,11-16H2,1-2H3/t18-,19+/m0/s1. The van der Waals surface area contributed by atoms with Gasteiger partial charge in [0.15, 0.2) is 0 Å². The van der Waals surface area contributed by atoms with Crippen LogP contribution in [0.4, 0.5) is 0 Å². The summed E-state index contributed by atoms with van der Waals surface area (Å²) < 4.78 is 13.3. The van der Waals surface area contributed by atoms with Crippen molar-refractivity contribution in [3.63, 3.8) is 0 Å². The largest absolute Gasteiger partial charge is 0.497 e. The molecule has 0 unspecified atom stereocenters. The van der Waals surface area contributed by atoms with Gasteiger partial charge in [0.05, 0.1) is 26.9 Å². The minimum atomic E-state index is 0.508. The van der Waals surface area contributed by atoms with Crippen LogP contribution in [-0.4, -0.2) is 71.4 Å². The van der Waals surface area contributed by atoms with Crippen molar-refractivity contribution < 1.29 is 9.47 Å². The van der Waals surface area contributed by atoms with E-state index in [1.54, 1.807) is 7.11 Å². The van der Waals surface area contributed by atoms with Crippen LogP contribution in [0.15, 0.2) is 36.7 Å². The van der Waals surface area contributed by atoms with E-state index in [1.807, 2.05) is 24.5 Å². The first kappa shape index (κ1) is 18.5. The Labute approximate surface area is 161 Å². The quantitative estimate of drug-likeness (QED) is 0.782. The van der Waals surface area contributed by atoms with Crippen molar-refractivity contribution >= 4 is 0 Å². The van der Waals surface area contributed by atoms with Gasteiger partial charge in [0.1, 0.15) is 11.6 Å². The topological polar surface area (TPSA) is 42.8 Å². The van der Waals surface area contributed by atoms with Crippen molar-refractivity contribution in [2.75, 3.05) is 40.0 Å². The maximum absolute atomic E-state index is 5.90. The fourth-order valence-corrected chi connectivity index (χ4v) is 4.35. The molecule has 2 saturated heterocycles. The summed E-state index contributed by atoms with van der Waals surface area (Å²) in [5, 5.41) is 0. The summed E-state index contributed by atoms with van der Waals surface area (Å²) in [7, 11) is 1.69. The number of aromatic nitrogens is 2. The van der Waals surface area contributed by atoms with Gasteiger partial charge in [-0.15, -0.1) is 0 Å². The lowest BCUT2D eigenvalue weighted by Gasteiger charge is -2.48. The van der Waals surface area contributed by atoms with Gasteiger partial charge in [0.2, 0.25) is 0 Å². The molecule has 27 heavy (non-hydrogen) atoms. The Bertz CT molecular complexity index is 728. The van der Waals surface area contributed by atoms with Gasteiger partial charge in [0, 0.05) is 49.8 Å². The monoisotopic (exact) mass is 370 g/mol. The molecule has 0 spiro atoms. The molecule has 2 aromatic rings. The van der Waals surface area contributed by atoms with Gasteiger partial charge >= 0.3 is 0 Å². The van der Waals surface area contributed by atoms with Gasteiger partial charge in [-0.3, -0.25) is 9.80 Å². The van der Waals surface area contributed by atoms with Crippen molar-refractivity contribution in [2.45, 2.75) is 38.4 Å². The number of morpholine rings is 1. The van der Waals surface area contributed by atoms with Crippen LogP contribution in [0, 0.1) is 0 Å². The molecule has 0 bridgehead atoms. The van der Waals surface area contributed by atoms with E-state index in [9.17, 15) is 0 Å². The number of fused-ring (bicyclic) bond motifs is 1. The van der Waals surface area contributed by atoms with Gasteiger partial charge in [-0.05, 0) is 30.7 Å².